The summed E-state index contributed by atoms with van der Waals surface area (Å²) in [7, 11) is 1.79. The molecule has 0 fully saturated rings. The summed E-state index contributed by atoms with van der Waals surface area (Å²) >= 11 is 0. The normalized spacial score (nSPS) is 12.2. The van der Waals surface area contributed by atoms with E-state index < -0.39 is 0 Å². The van der Waals surface area contributed by atoms with Gasteiger partial charge in [-0.25, -0.2) is 0 Å². The minimum absolute atomic E-state index is 0.336. The van der Waals surface area contributed by atoms with Crippen molar-refractivity contribution < 1.29 is 5.11 Å². The van der Waals surface area contributed by atoms with E-state index in [0.29, 0.717) is 18.5 Å². The molecule has 0 bridgehead atoms. The Balaban J connectivity index is 2.72. The molecular formula is C10H16N4O. The molecule has 1 rings (SSSR count). The summed E-state index contributed by atoms with van der Waals surface area (Å²) in [6, 6.07) is 2.11. The van der Waals surface area contributed by atoms with Gasteiger partial charge in [-0.05, 0) is 20.3 Å². The van der Waals surface area contributed by atoms with E-state index in [1.807, 2.05) is 0 Å². The Hall–Kier alpha value is -1.54. The number of nitrogens with zero attached hydrogens (tertiary/aromatic N) is 3. The van der Waals surface area contributed by atoms with Crippen molar-refractivity contribution in [2.75, 3.05) is 11.9 Å². The van der Waals surface area contributed by atoms with Gasteiger partial charge in [-0.1, -0.05) is 0 Å². The minimum Gasteiger partial charge on any atom is -0.393 e. The SMILES string of the molecule is Cc1nn(C)c(NCCC(C)O)c1C#N. The number of hydrogen-bond acceptors (Lipinski definition) is 4. The van der Waals surface area contributed by atoms with Crippen LogP contribution in [0.3, 0.4) is 0 Å². The van der Waals surface area contributed by atoms with Crippen molar-refractivity contribution in [1.29, 1.82) is 5.26 Å². The van der Waals surface area contributed by atoms with Gasteiger partial charge in [0.15, 0.2) is 0 Å². The summed E-state index contributed by atoms with van der Waals surface area (Å²) in [4.78, 5) is 0. The maximum atomic E-state index is 9.10. The van der Waals surface area contributed by atoms with Crippen LogP contribution in [0.25, 0.3) is 0 Å². The van der Waals surface area contributed by atoms with Crippen molar-refractivity contribution in [1.82, 2.24) is 9.78 Å². The van der Waals surface area contributed by atoms with E-state index in [4.69, 9.17) is 10.4 Å². The maximum absolute atomic E-state index is 9.10. The lowest BCUT2D eigenvalue weighted by molar-refractivity contribution is 0.188. The van der Waals surface area contributed by atoms with Crippen molar-refractivity contribution in [3.05, 3.63) is 11.3 Å². The molecule has 2 N–H and O–H groups in total. The van der Waals surface area contributed by atoms with Gasteiger partial charge < -0.3 is 10.4 Å². The number of aryl methyl sites for hydroxylation is 2. The Kier molecular flexibility index (Phi) is 3.69. The van der Waals surface area contributed by atoms with Crippen molar-refractivity contribution in [3.8, 4) is 6.07 Å². The van der Waals surface area contributed by atoms with Gasteiger partial charge in [-0.15, -0.1) is 0 Å². The first-order valence-electron chi connectivity index (χ1n) is 4.92. The van der Waals surface area contributed by atoms with Crippen molar-refractivity contribution in [3.63, 3.8) is 0 Å². The summed E-state index contributed by atoms with van der Waals surface area (Å²) < 4.78 is 1.65. The average Bonchev–Trinajstić information content (AvgIpc) is 2.41. The highest BCUT2D eigenvalue weighted by Crippen LogP contribution is 2.17. The molecule has 0 radical (unpaired) electrons. The van der Waals surface area contributed by atoms with Crippen LogP contribution in [0.4, 0.5) is 5.82 Å². The molecule has 5 nitrogen and oxygen atoms in total. The van der Waals surface area contributed by atoms with Gasteiger partial charge >= 0.3 is 0 Å². The first-order chi connectivity index (χ1) is 7.06. The topological polar surface area (TPSA) is 73.9 Å². The van der Waals surface area contributed by atoms with Crippen LogP contribution in [0.1, 0.15) is 24.6 Å². The summed E-state index contributed by atoms with van der Waals surface area (Å²) in [5, 5.41) is 25.3. The fourth-order valence-electron chi connectivity index (χ4n) is 1.39. The number of aromatic nitrogens is 2. The van der Waals surface area contributed by atoms with E-state index in [2.05, 4.69) is 16.5 Å². The molecule has 82 valence electrons. The third-order valence-corrected chi connectivity index (χ3v) is 2.19. The van der Waals surface area contributed by atoms with Crippen LogP contribution in [0.2, 0.25) is 0 Å². The predicted octanol–water partition coefficient (Wildman–Crippen LogP) is 0.783. The molecular weight excluding hydrogens is 192 g/mol. The molecule has 0 spiro atoms. The predicted molar refractivity (Wildman–Crippen MR) is 57.4 cm³/mol. The van der Waals surface area contributed by atoms with Gasteiger partial charge in [0.1, 0.15) is 17.5 Å². The molecule has 5 heteroatoms. The number of aliphatic hydroxyl groups is 1. The number of hydrogen-bond donors (Lipinski definition) is 2. The van der Waals surface area contributed by atoms with E-state index in [9.17, 15) is 0 Å². The van der Waals surface area contributed by atoms with Crippen LogP contribution in [0.5, 0.6) is 0 Å². The van der Waals surface area contributed by atoms with E-state index in [1.165, 1.54) is 0 Å². The lowest BCUT2D eigenvalue weighted by Gasteiger charge is -2.08. The van der Waals surface area contributed by atoms with Crippen LogP contribution in [0, 0.1) is 18.3 Å². The molecule has 15 heavy (non-hydrogen) atoms. The Bertz CT molecular complexity index is 376. The number of nitrogens with one attached hydrogen (secondary N) is 1. The highest BCUT2D eigenvalue weighted by Gasteiger charge is 2.11. The lowest BCUT2D eigenvalue weighted by Crippen LogP contribution is -2.12. The zero-order valence-electron chi connectivity index (χ0n) is 9.28. The Morgan fingerprint density at radius 1 is 1.67 bits per heavy atom. The number of rotatable bonds is 4. The van der Waals surface area contributed by atoms with E-state index in [-0.39, 0.29) is 6.10 Å². The third kappa shape index (κ3) is 2.70. The Labute approximate surface area is 89.3 Å². The first-order valence-corrected chi connectivity index (χ1v) is 4.92. The van der Waals surface area contributed by atoms with Gasteiger partial charge in [0.2, 0.25) is 0 Å². The second-order valence-corrected chi connectivity index (χ2v) is 3.61. The molecule has 0 amide bonds. The van der Waals surface area contributed by atoms with Crippen LogP contribution < -0.4 is 5.32 Å². The van der Waals surface area contributed by atoms with Crippen LogP contribution >= 0.6 is 0 Å². The lowest BCUT2D eigenvalue weighted by atomic mass is 10.2. The van der Waals surface area contributed by atoms with Crippen LogP contribution in [-0.2, 0) is 7.05 Å². The Morgan fingerprint density at radius 3 is 2.87 bits per heavy atom. The molecule has 1 aromatic heterocycles. The Morgan fingerprint density at radius 2 is 2.33 bits per heavy atom. The standard InChI is InChI=1S/C10H16N4O/c1-7(15)4-5-12-10-9(6-11)8(2)13-14(10)3/h7,12,15H,4-5H2,1-3H3. The highest BCUT2D eigenvalue weighted by molar-refractivity contribution is 5.54. The molecule has 1 heterocycles. The molecule has 1 unspecified atom stereocenters. The summed E-state index contributed by atoms with van der Waals surface area (Å²) in [5.74, 6) is 0.718. The third-order valence-electron chi connectivity index (χ3n) is 2.19. The molecule has 1 atom stereocenters. The molecule has 0 aliphatic rings. The van der Waals surface area contributed by atoms with Crippen LogP contribution in [0.15, 0.2) is 0 Å². The molecule has 0 aliphatic heterocycles. The minimum atomic E-state index is -0.336. The van der Waals surface area contributed by atoms with E-state index in [0.717, 1.165) is 11.5 Å². The first kappa shape index (κ1) is 11.5. The highest BCUT2D eigenvalue weighted by atomic mass is 16.3. The van der Waals surface area contributed by atoms with E-state index >= 15 is 0 Å². The summed E-state index contributed by atoms with van der Waals surface area (Å²) in [6.07, 6.45) is 0.312. The monoisotopic (exact) mass is 208 g/mol. The largest absolute Gasteiger partial charge is 0.393 e. The molecule has 0 aromatic carbocycles. The second-order valence-electron chi connectivity index (χ2n) is 3.61. The van der Waals surface area contributed by atoms with Crippen LogP contribution in [-0.4, -0.2) is 27.5 Å². The van der Waals surface area contributed by atoms with Crippen molar-refractivity contribution >= 4 is 5.82 Å². The fraction of sp³-hybridized carbons (Fsp3) is 0.600. The van der Waals surface area contributed by atoms with Gasteiger partial charge in [-0.3, -0.25) is 4.68 Å². The molecule has 0 saturated heterocycles. The van der Waals surface area contributed by atoms with Crippen molar-refractivity contribution in [2.45, 2.75) is 26.4 Å². The molecule has 1 aromatic rings. The average molecular weight is 208 g/mol. The number of aliphatic hydroxyl groups excluding tert-OH is 1. The maximum Gasteiger partial charge on any atom is 0.142 e. The number of anilines is 1. The summed E-state index contributed by atoms with van der Waals surface area (Å²) in [6.45, 7) is 4.17. The fourth-order valence-corrected chi connectivity index (χ4v) is 1.39. The summed E-state index contributed by atoms with van der Waals surface area (Å²) in [5.41, 5.74) is 1.29. The smallest absolute Gasteiger partial charge is 0.142 e. The van der Waals surface area contributed by atoms with Gasteiger partial charge in [0, 0.05) is 13.6 Å². The molecule has 0 aliphatic carbocycles. The zero-order valence-corrected chi connectivity index (χ0v) is 9.28. The quantitative estimate of drug-likeness (QED) is 0.767. The van der Waals surface area contributed by atoms with Gasteiger partial charge in [0.05, 0.1) is 11.8 Å². The second kappa shape index (κ2) is 4.80. The zero-order chi connectivity index (χ0) is 11.4. The van der Waals surface area contributed by atoms with Gasteiger partial charge in [0.25, 0.3) is 0 Å². The molecule has 0 saturated carbocycles. The van der Waals surface area contributed by atoms with Crippen molar-refractivity contribution in [2.24, 2.45) is 7.05 Å². The van der Waals surface area contributed by atoms with Gasteiger partial charge in [-0.2, -0.15) is 10.4 Å². The number of nitriles is 1. The van der Waals surface area contributed by atoms with E-state index in [1.54, 1.807) is 25.6 Å².